The van der Waals surface area contributed by atoms with Crippen molar-refractivity contribution in [3.63, 3.8) is 0 Å². The van der Waals surface area contributed by atoms with Gasteiger partial charge in [-0.25, -0.2) is 13.4 Å². The number of halogens is 1. The van der Waals surface area contributed by atoms with Gasteiger partial charge >= 0.3 is 0 Å². The SMILES string of the molecule is Cl.O=C(Nc1cccc(S(=O)(=O)Nc2nccs2)c1)C1COCCN1. The molecule has 25 heavy (non-hydrogen) atoms. The molecule has 3 N–H and O–H groups in total. The van der Waals surface area contributed by atoms with Crippen molar-refractivity contribution in [2.24, 2.45) is 0 Å². The second-order valence-electron chi connectivity index (χ2n) is 5.04. The van der Waals surface area contributed by atoms with Gasteiger partial charge in [0, 0.05) is 23.8 Å². The van der Waals surface area contributed by atoms with Crippen molar-refractivity contribution in [1.82, 2.24) is 10.3 Å². The Morgan fingerprint density at radius 2 is 2.24 bits per heavy atom. The van der Waals surface area contributed by atoms with Crippen molar-refractivity contribution in [3.8, 4) is 0 Å². The van der Waals surface area contributed by atoms with Crippen molar-refractivity contribution < 1.29 is 17.9 Å². The van der Waals surface area contributed by atoms with Crippen LogP contribution in [0.4, 0.5) is 10.8 Å². The molecule has 0 spiro atoms. The minimum absolute atomic E-state index is 0. The summed E-state index contributed by atoms with van der Waals surface area (Å²) in [4.78, 5) is 16.1. The molecule has 1 aliphatic rings. The molecule has 2 aromatic rings. The fourth-order valence-corrected chi connectivity index (χ4v) is 3.99. The summed E-state index contributed by atoms with van der Waals surface area (Å²) in [5.74, 6) is -0.267. The van der Waals surface area contributed by atoms with E-state index >= 15 is 0 Å². The molecule has 0 radical (unpaired) electrons. The number of sulfonamides is 1. The number of aromatic nitrogens is 1. The number of nitrogens with zero attached hydrogens (tertiary/aromatic N) is 1. The molecule has 2 heterocycles. The van der Waals surface area contributed by atoms with Crippen LogP contribution in [0.1, 0.15) is 0 Å². The number of nitrogens with one attached hydrogen (secondary N) is 3. The summed E-state index contributed by atoms with van der Waals surface area (Å²) in [5, 5.41) is 7.69. The molecule has 0 saturated carbocycles. The zero-order valence-electron chi connectivity index (χ0n) is 13.0. The third-order valence-electron chi connectivity index (χ3n) is 3.30. The molecule has 3 rings (SSSR count). The van der Waals surface area contributed by atoms with Crippen molar-refractivity contribution in [2.45, 2.75) is 10.9 Å². The average Bonchev–Trinajstić information content (AvgIpc) is 3.08. The molecule has 1 atom stereocenters. The van der Waals surface area contributed by atoms with Gasteiger partial charge in [-0.05, 0) is 18.2 Å². The third kappa shape index (κ3) is 5.13. The number of carbonyl (C=O) groups excluding carboxylic acids is 1. The number of thiazole rings is 1. The van der Waals surface area contributed by atoms with E-state index in [1.165, 1.54) is 29.7 Å². The first-order valence-electron chi connectivity index (χ1n) is 7.19. The summed E-state index contributed by atoms with van der Waals surface area (Å²) in [6.45, 7) is 1.46. The molecule has 1 unspecified atom stereocenters. The van der Waals surface area contributed by atoms with E-state index in [0.29, 0.717) is 18.8 Å². The summed E-state index contributed by atoms with van der Waals surface area (Å²) in [5.41, 5.74) is 0.398. The molecule has 0 aliphatic carbocycles. The molecular weight excluding hydrogens is 388 g/mol. The predicted molar refractivity (Wildman–Crippen MR) is 97.9 cm³/mol. The summed E-state index contributed by atoms with van der Waals surface area (Å²) in [6.07, 6.45) is 1.51. The topological polar surface area (TPSA) is 109 Å². The van der Waals surface area contributed by atoms with E-state index in [2.05, 4.69) is 20.3 Å². The minimum Gasteiger partial charge on any atom is -0.378 e. The zero-order chi connectivity index (χ0) is 17.0. The van der Waals surface area contributed by atoms with E-state index in [1.54, 1.807) is 17.5 Å². The summed E-state index contributed by atoms with van der Waals surface area (Å²) in [7, 11) is -3.76. The molecular formula is C14H17ClN4O4S2. The Labute approximate surface area is 155 Å². The van der Waals surface area contributed by atoms with Gasteiger partial charge in [-0.15, -0.1) is 23.7 Å². The van der Waals surface area contributed by atoms with Gasteiger partial charge < -0.3 is 15.4 Å². The van der Waals surface area contributed by atoms with Crippen LogP contribution < -0.4 is 15.4 Å². The molecule has 1 aromatic carbocycles. The molecule has 0 bridgehead atoms. The first kappa shape index (κ1) is 19.6. The standard InChI is InChI=1S/C14H16N4O4S2.ClH/c19-13(12-9-22-6-4-15-12)17-10-2-1-3-11(8-10)24(20,21)18-14-16-5-7-23-14;/h1-3,5,7-8,12,15H,4,6,9H2,(H,16,18)(H,17,19);1H. The molecule has 8 nitrogen and oxygen atoms in total. The number of rotatable bonds is 5. The molecule has 11 heteroatoms. The first-order valence-corrected chi connectivity index (χ1v) is 9.55. The number of hydrogen-bond donors (Lipinski definition) is 3. The van der Waals surface area contributed by atoms with Crippen LogP contribution >= 0.6 is 23.7 Å². The lowest BCUT2D eigenvalue weighted by Crippen LogP contribution is -2.48. The predicted octanol–water partition coefficient (Wildman–Crippen LogP) is 1.29. The van der Waals surface area contributed by atoms with Gasteiger partial charge in [-0.1, -0.05) is 6.07 Å². The minimum atomic E-state index is -3.76. The largest absolute Gasteiger partial charge is 0.378 e. The van der Waals surface area contributed by atoms with Gasteiger partial charge in [-0.3, -0.25) is 9.52 Å². The molecule has 1 amide bonds. The maximum atomic E-state index is 12.3. The highest BCUT2D eigenvalue weighted by Crippen LogP contribution is 2.20. The Kier molecular flexibility index (Phi) is 6.73. The van der Waals surface area contributed by atoms with E-state index in [1.807, 2.05) is 0 Å². The van der Waals surface area contributed by atoms with Gasteiger partial charge in [-0.2, -0.15) is 0 Å². The third-order valence-corrected chi connectivity index (χ3v) is 5.46. The second kappa shape index (κ2) is 8.59. The van der Waals surface area contributed by atoms with Crippen LogP contribution in [0.15, 0.2) is 40.7 Å². The van der Waals surface area contributed by atoms with E-state index in [4.69, 9.17) is 4.74 Å². The van der Waals surface area contributed by atoms with Crippen LogP contribution in [-0.2, 0) is 19.6 Å². The second-order valence-corrected chi connectivity index (χ2v) is 7.62. The van der Waals surface area contributed by atoms with Gasteiger partial charge in [0.15, 0.2) is 5.13 Å². The van der Waals surface area contributed by atoms with Crippen LogP contribution in [0.2, 0.25) is 0 Å². The summed E-state index contributed by atoms with van der Waals surface area (Å²) in [6, 6.07) is 5.60. The summed E-state index contributed by atoms with van der Waals surface area (Å²) < 4.78 is 32.3. The lowest BCUT2D eigenvalue weighted by Gasteiger charge is -2.23. The molecule has 1 aromatic heterocycles. The smallest absolute Gasteiger partial charge is 0.263 e. The number of anilines is 2. The van der Waals surface area contributed by atoms with Gasteiger partial charge in [0.25, 0.3) is 10.0 Å². The fraction of sp³-hybridized carbons (Fsp3) is 0.286. The molecule has 1 aliphatic heterocycles. The number of carbonyl (C=O) groups is 1. The van der Waals surface area contributed by atoms with Crippen LogP contribution in [0.5, 0.6) is 0 Å². The van der Waals surface area contributed by atoms with Crippen LogP contribution in [0.3, 0.4) is 0 Å². The Morgan fingerprint density at radius 3 is 2.92 bits per heavy atom. The van der Waals surface area contributed by atoms with Gasteiger partial charge in [0.2, 0.25) is 5.91 Å². The van der Waals surface area contributed by atoms with E-state index < -0.39 is 16.1 Å². The zero-order valence-corrected chi connectivity index (χ0v) is 15.4. The van der Waals surface area contributed by atoms with Crippen molar-refractivity contribution >= 4 is 50.5 Å². The maximum absolute atomic E-state index is 12.3. The number of benzene rings is 1. The quantitative estimate of drug-likeness (QED) is 0.692. The summed E-state index contributed by atoms with van der Waals surface area (Å²) >= 11 is 1.18. The first-order chi connectivity index (χ1) is 11.5. The van der Waals surface area contributed by atoms with E-state index in [0.717, 1.165) is 0 Å². The average molecular weight is 405 g/mol. The van der Waals surface area contributed by atoms with Crippen LogP contribution in [0, 0.1) is 0 Å². The Bertz CT molecular complexity index is 808. The fourth-order valence-electron chi connectivity index (χ4n) is 2.15. The number of amides is 1. The monoisotopic (exact) mass is 404 g/mol. The number of hydrogen-bond acceptors (Lipinski definition) is 7. The molecule has 1 saturated heterocycles. The lowest BCUT2D eigenvalue weighted by atomic mass is 10.2. The Morgan fingerprint density at radius 1 is 1.40 bits per heavy atom. The van der Waals surface area contributed by atoms with Crippen molar-refractivity contribution in [2.75, 3.05) is 29.8 Å². The number of ether oxygens (including phenoxy) is 1. The van der Waals surface area contributed by atoms with Crippen LogP contribution in [0.25, 0.3) is 0 Å². The highest BCUT2D eigenvalue weighted by molar-refractivity contribution is 7.93. The van der Waals surface area contributed by atoms with E-state index in [-0.39, 0.29) is 34.9 Å². The Hall–Kier alpha value is -1.72. The van der Waals surface area contributed by atoms with Crippen LogP contribution in [-0.4, -0.2) is 45.1 Å². The Balaban J connectivity index is 0.00000225. The van der Waals surface area contributed by atoms with E-state index in [9.17, 15) is 13.2 Å². The highest BCUT2D eigenvalue weighted by Gasteiger charge is 2.22. The number of morpholine rings is 1. The normalized spacial score (nSPS) is 17.4. The molecule has 1 fully saturated rings. The maximum Gasteiger partial charge on any atom is 0.263 e. The van der Waals surface area contributed by atoms with Crippen molar-refractivity contribution in [3.05, 3.63) is 35.8 Å². The van der Waals surface area contributed by atoms with Gasteiger partial charge in [0.1, 0.15) is 6.04 Å². The van der Waals surface area contributed by atoms with Crippen molar-refractivity contribution in [1.29, 1.82) is 0 Å². The highest BCUT2D eigenvalue weighted by atomic mass is 35.5. The molecule has 136 valence electrons. The van der Waals surface area contributed by atoms with Gasteiger partial charge in [0.05, 0.1) is 18.1 Å². The lowest BCUT2D eigenvalue weighted by molar-refractivity contribution is -0.120.